The van der Waals surface area contributed by atoms with Gasteiger partial charge in [0.25, 0.3) is 0 Å². The van der Waals surface area contributed by atoms with Crippen molar-refractivity contribution in [3.63, 3.8) is 0 Å². The van der Waals surface area contributed by atoms with E-state index in [0.717, 1.165) is 11.5 Å². The molecular formula is C10H21N3O3S2. The van der Waals surface area contributed by atoms with Crippen molar-refractivity contribution < 1.29 is 13.2 Å². The lowest BCUT2D eigenvalue weighted by Crippen LogP contribution is -2.42. The van der Waals surface area contributed by atoms with Crippen molar-refractivity contribution in [2.75, 3.05) is 43.4 Å². The topological polar surface area (TPSA) is 92.5 Å². The molecule has 1 amide bonds. The number of carbonyl (C=O) groups excluding carboxylic acids is 1. The van der Waals surface area contributed by atoms with Crippen molar-refractivity contribution in [1.82, 2.24) is 9.62 Å². The van der Waals surface area contributed by atoms with Crippen LogP contribution in [-0.4, -0.2) is 62.1 Å². The van der Waals surface area contributed by atoms with Gasteiger partial charge < -0.3 is 11.1 Å². The number of rotatable bonds is 6. The first-order valence-electron chi connectivity index (χ1n) is 6.00. The third-order valence-corrected chi connectivity index (χ3v) is 5.64. The van der Waals surface area contributed by atoms with Crippen molar-refractivity contribution in [2.45, 2.75) is 6.92 Å². The summed E-state index contributed by atoms with van der Waals surface area (Å²) in [7, 11) is -3.24. The van der Waals surface area contributed by atoms with Gasteiger partial charge in [0.15, 0.2) is 0 Å². The predicted octanol–water partition coefficient (Wildman–Crippen LogP) is -0.924. The molecule has 1 atom stereocenters. The Balaban J connectivity index is 2.35. The predicted molar refractivity (Wildman–Crippen MR) is 73.9 cm³/mol. The van der Waals surface area contributed by atoms with Crippen LogP contribution in [0, 0.1) is 5.92 Å². The van der Waals surface area contributed by atoms with Crippen LogP contribution in [-0.2, 0) is 14.8 Å². The lowest BCUT2D eigenvalue weighted by molar-refractivity contribution is -0.124. The standard InChI is InChI=1S/C10H21N3O3S2/c1-9(8-11)10(14)12-2-7-18(15,16)13-3-5-17-6-4-13/h9H,2-8,11H2,1H3,(H,12,14). The fraction of sp³-hybridized carbons (Fsp3) is 0.900. The van der Waals surface area contributed by atoms with Crippen molar-refractivity contribution in [3.05, 3.63) is 0 Å². The van der Waals surface area contributed by atoms with Crippen LogP contribution in [0.1, 0.15) is 6.92 Å². The highest BCUT2D eigenvalue weighted by molar-refractivity contribution is 7.99. The lowest BCUT2D eigenvalue weighted by Gasteiger charge is -2.25. The van der Waals surface area contributed by atoms with Gasteiger partial charge in [-0.25, -0.2) is 12.7 Å². The molecular weight excluding hydrogens is 274 g/mol. The van der Waals surface area contributed by atoms with Crippen LogP contribution in [0.15, 0.2) is 0 Å². The summed E-state index contributed by atoms with van der Waals surface area (Å²) in [6.45, 7) is 3.27. The molecule has 3 N–H and O–H groups in total. The molecule has 0 bridgehead atoms. The van der Waals surface area contributed by atoms with Gasteiger partial charge in [0, 0.05) is 43.6 Å². The second-order valence-electron chi connectivity index (χ2n) is 4.26. The van der Waals surface area contributed by atoms with Gasteiger partial charge in [-0.15, -0.1) is 0 Å². The molecule has 1 fully saturated rings. The van der Waals surface area contributed by atoms with E-state index in [4.69, 9.17) is 5.73 Å². The highest BCUT2D eigenvalue weighted by Gasteiger charge is 2.24. The summed E-state index contributed by atoms with van der Waals surface area (Å²) in [6, 6.07) is 0. The molecule has 0 radical (unpaired) electrons. The molecule has 8 heteroatoms. The summed E-state index contributed by atoms with van der Waals surface area (Å²) in [4.78, 5) is 11.4. The Bertz CT molecular complexity index is 367. The maximum atomic E-state index is 11.9. The molecule has 0 aromatic heterocycles. The second kappa shape index (κ2) is 7.32. The van der Waals surface area contributed by atoms with Crippen molar-refractivity contribution in [2.24, 2.45) is 11.7 Å². The van der Waals surface area contributed by atoms with Crippen LogP contribution in [0.3, 0.4) is 0 Å². The van der Waals surface area contributed by atoms with E-state index in [9.17, 15) is 13.2 Å². The second-order valence-corrected chi connectivity index (χ2v) is 7.57. The number of carbonyl (C=O) groups is 1. The summed E-state index contributed by atoms with van der Waals surface area (Å²) in [5.74, 6) is 1.17. The van der Waals surface area contributed by atoms with Crippen LogP contribution >= 0.6 is 11.8 Å². The first-order valence-corrected chi connectivity index (χ1v) is 8.77. The van der Waals surface area contributed by atoms with Crippen LogP contribution < -0.4 is 11.1 Å². The maximum absolute atomic E-state index is 11.9. The summed E-state index contributed by atoms with van der Waals surface area (Å²) in [5, 5.41) is 2.60. The summed E-state index contributed by atoms with van der Waals surface area (Å²) < 4.78 is 25.4. The Labute approximate surface area is 113 Å². The van der Waals surface area contributed by atoms with E-state index in [0.29, 0.717) is 13.1 Å². The fourth-order valence-electron chi connectivity index (χ4n) is 1.54. The molecule has 6 nitrogen and oxygen atoms in total. The Morgan fingerprint density at radius 1 is 1.44 bits per heavy atom. The summed E-state index contributed by atoms with van der Waals surface area (Å²) in [6.07, 6.45) is 0. The number of sulfonamides is 1. The van der Waals surface area contributed by atoms with Crippen molar-refractivity contribution >= 4 is 27.7 Å². The summed E-state index contributed by atoms with van der Waals surface area (Å²) >= 11 is 1.76. The van der Waals surface area contributed by atoms with Crippen LogP contribution in [0.25, 0.3) is 0 Å². The van der Waals surface area contributed by atoms with Crippen molar-refractivity contribution in [1.29, 1.82) is 0 Å². The van der Waals surface area contributed by atoms with E-state index in [1.54, 1.807) is 18.7 Å². The molecule has 0 spiro atoms. The number of hydrogen-bond donors (Lipinski definition) is 2. The average molecular weight is 295 g/mol. The normalized spacial score (nSPS) is 19.4. The van der Waals surface area contributed by atoms with Gasteiger partial charge in [-0.05, 0) is 0 Å². The Morgan fingerprint density at radius 3 is 2.61 bits per heavy atom. The number of nitrogens with zero attached hydrogens (tertiary/aromatic N) is 1. The Hall–Kier alpha value is -0.310. The number of nitrogens with one attached hydrogen (secondary N) is 1. The summed E-state index contributed by atoms with van der Waals surface area (Å²) in [5.41, 5.74) is 5.36. The maximum Gasteiger partial charge on any atom is 0.224 e. The molecule has 1 heterocycles. The number of nitrogens with two attached hydrogens (primary N) is 1. The molecule has 0 aliphatic carbocycles. The lowest BCUT2D eigenvalue weighted by atomic mass is 10.2. The first kappa shape index (κ1) is 15.7. The van der Waals surface area contributed by atoms with Crippen LogP contribution in [0.2, 0.25) is 0 Å². The molecule has 106 valence electrons. The average Bonchev–Trinajstić information content (AvgIpc) is 2.38. The van der Waals surface area contributed by atoms with E-state index in [-0.39, 0.29) is 30.7 Å². The minimum atomic E-state index is -3.24. The zero-order valence-electron chi connectivity index (χ0n) is 10.6. The number of thioether (sulfide) groups is 1. The van der Waals surface area contributed by atoms with Crippen LogP contribution in [0.5, 0.6) is 0 Å². The highest BCUT2D eigenvalue weighted by Crippen LogP contribution is 2.12. The smallest absolute Gasteiger partial charge is 0.224 e. The van der Waals surface area contributed by atoms with Crippen LogP contribution in [0.4, 0.5) is 0 Å². The molecule has 0 aromatic carbocycles. The zero-order valence-corrected chi connectivity index (χ0v) is 12.2. The minimum absolute atomic E-state index is 0.0410. The fourth-order valence-corrected chi connectivity index (χ4v) is 4.03. The Morgan fingerprint density at radius 2 is 2.06 bits per heavy atom. The molecule has 0 saturated carbocycles. The molecule has 1 aliphatic rings. The molecule has 18 heavy (non-hydrogen) atoms. The minimum Gasteiger partial charge on any atom is -0.355 e. The van der Waals surface area contributed by atoms with Gasteiger partial charge in [-0.3, -0.25) is 4.79 Å². The van der Waals surface area contributed by atoms with Crippen molar-refractivity contribution in [3.8, 4) is 0 Å². The van der Waals surface area contributed by atoms with Gasteiger partial charge in [0.05, 0.1) is 5.75 Å². The zero-order chi connectivity index (χ0) is 13.6. The largest absolute Gasteiger partial charge is 0.355 e. The third-order valence-electron chi connectivity index (χ3n) is 2.82. The van der Waals surface area contributed by atoms with E-state index < -0.39 is 10.0 Å². The third kappa shape index (κ3) is 4.75. The molecule has 1 unspecified atom stereocenters. The molecule has 1 aliphatic heterocycles. The number of hydrogen-bond acceptors (Lipinski definition) is 5. The number of amides is 1. The van der Waals surface area contributed by atoms with E-state index >= 15 is 0 Å². The SMILES string of the molecule is CC(CN)C(=O)NCCS(=O)(=O)N1CCSCC1. The van der Waals surface area contributed by atoms with E-state index in [2.05, 4.69) is 5.32 Å². The molecule has 1 saturated heterocycles. The highest BCUT2D eigenvalue weighted by atomic mass is 32.2. The quantitative estimate of drug-likeness (QED) is 0.661. The van der Waals surface area contributed by atoms with E-state index in [1.807, 2.05) is 0 Å². The molecule has 0 aromatic rings. The van der Waals surface area contributed by atoms with Gasteiger partial charge in [0.1, 0.15) is 0 Å². The first-order chi connectivity index (χ1) is 8.47. The Kier molecular flexibility index (Phi) is 6.40. The van der Waals surface area contributed by atoms with Gasteiger partial charge >= 0.3 is 0 Å². The van der Waals surface area contributed by atoms with E-state index in [1.165, 1.54) is 4.31 Å². The monoisotopic (exact) mass is 295 g/mol. The molecule has 1 rings (SSSR count). The van der Waals surface area contributed by atoms with Gasteiger partial charge in [0.2, 0.25) is 15.9 Å². The van der Waals surface area contributed by atoms with Gasteiger partial charge in [-0.1, -0.05) is 6.92 Å². The van der Waals surface area contributed by atoms with Gasteiger partial charge in [-0.2, -0.15) is 11.8 Å².